The number of aliphatic hydroxyl groups excluding tert-OH is 1. The number of rotatable bonds is 5. The molecule has 1 N–H and O–H groups in total. The van der Waals surface area contributed by atoms with E-state index in [-0.39, 0.29) is 36.8 Å². The molecule has 0 amide bonds. The molecule has 0 aliphatic heterocycles. The molecule has 1 saturated carbocycles. The maximum atomic E-state index is 12.5. The molecule has 138 valence electrons. The first-order valence-corrected chi connectivity index (χ1v) is 8.61. The van der Waals surface area contributed by atoms with Gasteiger partial charge in [0.25, 0.3) is 0 Å². The highest BCUT2D eigenvalue weighted by atomic mass is 16.5. The van der Waals surface area contributed by atoms with Crippen LogP contribution in [-0.4, -0.2) is 42.1 Å². The van der Waals surface area contributed by atoms with Crippen molar-refractivity contribution in [3.05, 3.63) is 23.3 Å². The second-order valence-electron chi connectivity index (χ2n) is 6.96. The van der Waals surface area contributed by atoms with Crippen molar-refractivity contribution in [1.82, 2.24) is 0 Å². The normalized spacial score (nSPS) is 29.0. The number of hydrogen-bond acceptors (Lipinski definition) is 6. The first kappa shape index (κ1) is 19.4. The Balaban J connectivity index is 2.52. The summed E-state index contributed by atoms with van der Waals surface area (Å²) in [6.07, 6.45) is 1.24. The number of carbonyl (C=O) groups excluding carboxylic acids is 3. The van der Waals surface area contributed by atoms with Crippen molar-refractivity contribution < 1.29 is 29.0 Å². The summed E-state index contributed by atoms with van der Waals surface area (Å²) in [6, 6.07) is 0. The van der Waals surface area contributed by atoms with Crippen molar-refractivity contribution in [3.63, 3.8) is 0 Å². The van der Waals surface area contributed by atoms with Gasteiger partial charge in [0.05, 0.1) is 6.61 Å². The Bertz CT molecular complexity index is 617. The van der Waals surface area contributed by atoms with E-state index in [1.54, 1.807) is 0 Å². The number of ketones is 1. The molecular formula is C19H26O6. The monoisotopic (exact) mass is 350 g/mol. The Morgan fingerprint density at radius 3 is 2.48 bits per heavy atom. The molecule has 0 unspecified atom stereocenters. The van der Waals surface area contributed by atoms with Gasteiger partial charge in [-0.15, -0.1) is 0 Å². The molecule has 0 aromatic rings. The van der Waals surface area contributed by atoms with Crippen LogP contribution in [0.4, 0.5) is 0 Å². The van der Waals surface area contributed by atoms with Crippen LogP contribution in [0, 0.1) is 17.8 Å². The summed E-state index contributed by atoms with van der Waals surface area (Å²) in [4.78, 5) is 35.4. The third-order valence-corrected chi connectivity index (χ3v) is 5.22. The average molecular weight is 350 g/mol. The highest BCUT2D eigenvalue weighted by Crippen LogP contribution is 2.46. The minimum absolute atomic E-state index is 0.0427. The van der Waals surface area contributed by atoms with Gasteiger partial charge in [0, 0.05) is 31.8 Å². The Morgan fingerprint density at radius 2 is 1.92 bits per heavy atom. The lowest BCUT2D eigenvalue weighted by molar-refractivity contribution is -0.147. The SMILES string of the molecule is C=C(CO)[C@@H]1CC[C@@H](C)[C@H]2CC(=O)C(COC(C)=O)=C2[C@@H]1OC(C)=O. The standard InChI is InChI=1S/C19H26O6/c1-10-5-6-14(11(2)8-20)19(25-13(4)22)18-15(10)7-17(23)16(18)9-24-12(3)21/h10,14-15,19-20H,2,5-9H2,1,3-4H3/t10-,14+,15-,19-/m1/s1. The highest BCUT2D eigenvalue weighted by Gasteiger charge is 2.45. The minimum atomic E-state index is -0.649. The maximum Gasteiger partial charge on any atom is 0.303 e. The molecule has 0 aromatic carbocycles. The van der Waals surface area contributed by atoms with Crippen LogP contribution in [0.15, 0.2) is 23.3 Å². The maximum absolute atomic E-state index is 12.5. The number of hydrogen-bond donors (Lipinski definition) is 1. The van der Waals surface area contributed by atoms with Gasteiger partial charge in [-0.25, -0.2) is 0 Å². The van der Waals surface area contributed by atoms with E-state index in [2.05, 4.69) is 13.5 Å². The average Bonchev–Trinajstić information content (AvgIpc) is 2.80. The van der Waals surface area contributed by atoms with Gasteiger partial charge < -0.3 is 14.6 Å². The van der Waals surface area contributed by atoms with E-state index < -0.39 is 18.0 Å². The predicted octanol–water partition coefficient (Wildman–Crippen LogP) is 1.96. The van der Waals surface area contributed by atoms with Crippen molar-refractivity contribution in [2.45, 2.75) is 46.1 Å². The molecule has 2 aliphatic carbocycles. The van der Waals surface area contributed by atoms with Crippen LogP contribution in [0.3, 0.4) is 0 Å². The number of ether oxygens (including phenoxy) is 2. The van der Waals surface area contributed by atoms with E-state index in [4.69, 9.17) is 9.47 Å². The van der Waals surface area contributed by atoms with Crippen LogP contribution in [0.2, 0.25) is 0 Å². The number of esters is 2. The van der Waals surface area contributed by atoms with Gasteiger partial charge >= 0.3 is 11.9 Å². The number of fused-ring (bicyclic) bond motifs is 1. The summed E-state index contributed by atoms with van der Waals surface area (Å²) in [5.41, 5.74) is 1.75. The third kappa shape index (κ3) is 4.18. The summed E-state index contributed by atoms with van der Waals surface area (Å²) in [7, 11) is 0. The Hall–Kier alpha value is -1.95. The van der Waals surface area contributed by atoms with Gasteiger partial charge in [-0.05, 0) is 35.8 Å². The Morgan fingerprint density at radius 1 is 1.24 bits per heavy atom. The molecule has 0 bridgehead atoms. The molecule has 0 aromatic heterocycles. The first-order valence-electron chi connectivity index (χ1n) is 8.61. The fraction of sp³-hybridized carbons (Fsp3) is 0.632. The fourth-order valence-corrected chi connectivity index (χ4v) is 3.92. The van der Waals surface area contributed by atoms with Crippen LogP contribution >= 0.6 is 0 Å². The van der Waals surface area contributed by atoms with Gasteiger partial charge in [0.15, 0.2) is 5.78 Å². The zero-order valence-corrected chi connectivity index (χ0v) is 15.0. The van der Waals surface area contributed by atoms with E-state index in [1.807, 2.05) is 0 Å². The molecule has 0 spiro atoms. The zero-order valence-electron chi connectivity index (χ0n) is 15.0. The van der Waals surface area contributed by atoms with Crippen molar-refractivity contribution in [2.24, 2.45) is 17.8 Å². The third-order valence-electron chi connectivity index (χ3n) is 5.22. The molecule has 0 saturated heterocycles. The van der Waals surface area contributed by atoms with E-state index >= 15 is 0 Å². The zero-order chi connectivity index (χ0) is 18.7. The largest absolute Gasteiger partial charge is 0.461 e. The minimum Gasteiger partial charge on any atom is -0.461 e. The molecule has 0 radical (unpaired) electrons. The Labute approximate surface area is 147 Å². The van der Waals surface area contributed by atoms with E-state index in [0.717, 1.165) is 12.0 Å². The number of aliphatic hydroxyl groups is 1. The molecule has 2 aliphatic rings. The van der Waals surface area contributed by atoms with Crippen molar-refractivity contribution in [1.29, 1.82) is 0 Å². The number of carbonyl (C=O) groups is 3. The van der Waals surface area contributed by atoms with Crippen molar-refractivity contribution in [2.75, 3.05) is 13.2 Å². The fourth-order valence-electron chi connectivity index (χ4n) is 3.92. The number of Topliss-reactive ketones (excluding diaryl/α,β-unsaturated/α-hetero) is 1. The molecule has 0 heterocycles. The van der Waals surface area contributed by atoms with Gasteiger partial charge in [0.2, 0.25) is 0 Å². The predicted molar refractivity (Wildman–Crippen MR) is 90.4 cm³/mol. The molecule has 1 fully saturated rings. The summed E-state index contributed by atoms with van der Waals surface area (Å²) < 4.78 is 10.7. The highest BCUT2D eigenvalue weighted by molar-refractivity contribution is 6.00. The van der Waals surface area contributed by atoms with E-state index in [9.17, 15) is 19.5 Å². The Kier molecular flexibility index (Phi) is 6.16. The molecule has 6 heteroatoms. The quantitative estimate of drug-likeness (QED) is 0.602. The van der Waals surface area contributed by atoms with Gasteiger partial charge in [-0.1, -0.05) is 13.5 Å². The molecular weight excluding hydrogens is 324 g/mol. The van der Waals surface area contributed by atoms with Gasteiger partial charge in [-0.3, -0.25) is 14.4 Å². The van der Waals surface area contributed by atoms with Crippen LogP contribution in [-0.2, 0) is 23.9 Å². The lowest BCUT2D eigenvalue weighted by Gasteiger charge is -2.29. The second-order valence-corrected chi connectivity index (χ2v) is 6.96. The lowest BCUT2D eigenvalue weighted by atomic mass is 9.84. The van der Waals surface area contributed by atoms with Crippen molar-refractivity contribution in [3.8, 4) is 0 Å². The summed E-state index contributed by atoms with van der Waals surface area (Å²) in [5.74, 6) is -1.06. The van der Waals surface area contributed by atoms with Crippen LogP contribution in [0.1, 0.15) is 40.0 Å². The summed E-state index contributed by atoms with van der Waals surface area (Å²) in [6.45, 7) is 8.29. The molecule has 2 rings (SSSR count). The van der Waals surface area contributed by atoms with E-state index in [0.29, 0.717) is 24.0 Å². The smallest absolute Gasteiger partial charge is 0.303 e. The van der Waals surface area contributed by atoms with Gasteiger partial charge in [0.1, 0.15) is 12.7 Å². The first-order chi connectivity index (χ1) is 11.8. The molecule has 25 heavy (non-hydrogen) atoms. The molecule has 6 nitrogen and oxygen atoms in total. The lowest BCUT2D eigenvalue weighted by Crippen LogP contribution is -2.31. The van der Waals surface area contributed by atoms with Crippen LogP contribution in [0.25, 0.3) is 0 Å². The van der Waals surface area contributed by atoms with E-state index in [1.165, 1.54) is 13.8 Å². The summed E-state index contributed by atoms with van der Waals surface area (Å²) in [5, 5.41) is 9.54. The van der Waals surface area contributed by atoms with Gasteiger partial charge in [-0.2, -0.15) is 0 Å². The van der Waals surface area contributed by atoms with Crippen LogP contribution in [0.5, 0.6) is 0 Å². The second kappa shape index (κ2) is 7.95. The molecule has 4 atom stereocenters. The summed E-state index contributed by atoms with van der Waals surface area (Å²) >= 11 is 0. The topological polar surface area (TPSA) is 89.9 Å². The van der Waals surface area contributed by atoms with Crippen molar-refractivity contribution >= 4 is 17.7 Å². The van der Waals surface area contributed by atoms with Crippen LogP contribution < -0.4 is 0 Å².